The molecule has 0 radical (unpaired) electrons. The maximum absolute atomic E-state index is 12.7. The molecule has 4 aliphatic rings. The van der Waals surface area contributed by atoms with Gasteiger partial charge < -0.3 is 4.74 Å². The van der Waals surface area contributed by atoms with Gasteiger partial charge in [-0.25, -0.2) is 4.79 Å². The van der Waals surface area contributed by atoms with E-state index in [1.54, 1.807) is 5.57 Å². The molecule has 0 aliphatic heterocycles. The van der Waals surface area contributed by atoms with Crippen molar-refractivity contribution in [1.29, 1.82) is 0 Å². The molecule has 198 valence electrons. The van der Waals surface area contributed by atoms with E-state index in [0.29, 0.717) is 16.4 Å². The molecule has 5 rings (SSSR count). The monoisotopic (exact) mass is 490 g/mol. The first-order chi connectivity index (χ1) is 17.2. The lowest BCUT2D eigenvalue weighted by molar-refractivity contribution is -0.0594. The van der Waals surface area contributed by atoms with E-state index in [1.165, 1.54) is 57.8 Å². The summed E-state index contributed by atoms with van der Waals surface area (Å²) in [4.78, 5) is 12.7. The largest absolute Gasteiger partial charge is 0.458 e. The molecule has 0 heterocycles. The van der Waals surface area contributed by atoms with Crippen LogP contribution in [-0.4, -0.2) is 12.1 Å². The zero-order chi connectivity index (χ0) is 25.5. The molecule has 2 heteroatoms. The van der Waals surface area contributed by atoms with Crippen molar-refractivity contribution in [1.82, 2.24) is 0 Å². The highest BCUT2D eigenvalue weighted by atomic mass is 16.5. The molecule has 0 N–H and O–H groups in total. The first-order valence-electron chi connectivity index (χ1n) is 15.2. The van der Waals surface area contributed by atoms with Crippen LogP contribution in [0.25, 0.3) is 0 Å². The minimum atomic E-state index is -0.161. The molecule has 0 bridgehead atoms. The third kappa shape index (κ3) is 4.71. The third-order valence-corrected chi connectivity index (χ3v) is 11.5. The Morgan fingerprint density at radius 2 is 1.75 bits per heavy atom. The highest BCUT2D eigenvalue weighted by molar-refractivity contribution is 5.89. The number of hydrogen-bond acceptors (Lipinski definition) is 2. The summed E-state index contributed by atoms with van der Waals surface area (Å²) >= 11 is 0. The van der Waals surface area contributed by atoms with E-state index < -0.39 is 0 Å². The summed E-state index contributed by atoms with van der Waals surface area (Å²) < 4.78 is 6.00. The molecule has 0 aromatic heterocycles. The van der Waals surface area contributed by atoms with Crippen LogP contribution in [0.2, 0.25) is 0 Å². The van der Waals surface area contributed by atoms with Gasteiger partial charge in [0.2, 0.25) is 0 Å². The Bertz CT molecular complexity index is 947. The molecular formula is C34H50O2. The fraction of sp³-hybridized carbons (Fsp3) is 0.735. The molecular weight excluding hydrogens is 440 g/mol. The molecule has 3 saturated carbocycles. The van der Waals surface area contributed by atoms with E-state index in [4.69, 9.17) is 4.74 Å². The quantitative estimate of drug-likeness (QED) is 0.281. The van der Waals surface area contributed by atoms with Gasteiger partial charge in [0.1, 0.15) is 6.10 Å². The van der Waals surface area contributed by atoms with Crippen LogP contribution in [0, 0.1) is 46.3 Å². The summed E-state index contributed by atoms with van der Waals surface area (Å²) in [5, 5.41) is 0. The predicted molar refractivity (Wildman–Crippen MR) is 149 cm³/mol. The Morgan fingerprint density at radius 3 is 2.50 bits per heavy atom. The fourth-order valence-corrected chi connectivity index (χ4v) is 9.55. The van der Waals surface area contributed by atoms with Crippen LogP contribution in [0.5, 0.6) is 0 Å². The Balaban J connectivity index is 1.25. The maximum atomic E-state index is 12.7. The standard InChI is InChI=1S/C34H50O2/c1-23(2)10-9-11-24(3)29-16-17-30-28-15-14-26-22-27(36-32(35)25-12-7-6-8-13-25)18-20-33(26,4)31(28)19-21-34(29,30)5/h6-8,12-14,23-24,27-31H,9-11,15-22H2,1-5H3/t24-,27-,28-,29?,30-,31-,33-,34+/m1/s1. The fourth-order valence-electron chi connectivity index (χ4n) is 9.55. The molecule has 0 spiro atoms. The van der Waals surface area contributed by atoms with Gasteiger partial charge in [0.25, 0.3) is 0 Å². The van der Waals surface area contributed by atoms with E-state index >= 15 is 0 Å². The summed E-state index contributed by atoms with van der Waals surface area (Å²) in [6, 6.07) is 9.49. The predicted octanol–water partition coefficient (Wildman–Crippen LogP) is 9.25. The summed E-state index contributed by atoms with van der Waals surface area (Å²) in [6.07, 6.45) is 17.0. The summed E-state index contributed by atoms with van der Waals surface area (Å²) in [6.45, 7) is 12.6. The normalized spacial score (nSPS) is 38.5. The average molecular weight is 491 g/mol. The number of esters is 1. The Kier molecular flexibility index (Phi) is 7.45. The smallest absolute Gasteiger partial charge is 0.338 e. The summed E-state index contributed by atoms with van der Waals surface area (Å²) in [7, 11) is 0. The van der Waals surface area contributed by atoms with Crippen molar-refractivity contribution < 1.29 is 9.53 Å². The van der Waals surface area contributed by atoms with Crippen LogP contribution >= 0.6 is 0 Å². The number of fused-ring (bicyclic) bond motifs is 5. The van der Waals surface area contributed by atoms with E-state index in [-0.39, 0.29) is 12.1 Å². The van der Waals surface area contributed by atoms with Gasteiger partial charge in [0, 0.05) is 6.42 Å². The van der Waals surface area contributed by atoms with Crippen LogP contribution in [0.1, 0.15) is 116 Å². The van der Waals surface area contributed by atoms with Gasteiger partial charge in [-0.2, -0.15) is 0 Å². The first kappa shape index (κ1) is 26.1. The van der Waals surface area contributed by atoms with E-state index in [9.17, 15) is 4.79 Å². The zero-order valence-corrected chi connectivity index (χ0v) is 23.6. The van der Waals surface area contributed by atoms with Crippen LogP contribution < -0.4 is 0 Å². The minimum absolute atomic E-state index is 0.0324. The van der Waals surface area contributed by atoms with E-state index in [2.05, 4.69) is 40.7 Å². The number of hydrogen-bond donors (Lipinski definition) is 0. The molecule has 0 saturated heterocycles. The van der Waals surface area contributed by atoms with Gasteiger partial charge in [-0.3, -0.25) is 0 Å². The van der Waals surface area contributed by atoms with Gasteiger partial charge in [0.05, 0.1) is 5.56 Å². The molecule has 1 aromatic rings. The SMILES string of the molecule is CC(C)CCC[C@@H](C)C1CC[C@@H]2[C@H]3CC=C4C[C@H](OC(=O)c5ccccc5)CC[C@@]4(C)[C@@H]3CC[C@@]12C. The van der Waals surface area contributed by atoms with Crippen molar-refractivity contribution >= 4 is 5.97 Å². The number of carbonyl (C=O) groups is 1. The third-order valence-electron chi connectivity index (χ3n) is 11.5. The molecule has 8 atom stereocenters. The molecule has 4 aliphatic carbocycles. The second kappa shape index (κ2) is 10.3. The molecule has 1 aromatic carbocycles. The van der Waals surface area contributed by atoms with Gasteiger partial charge in [-0.05, 0) is 103 Å². The molecule has 2 nitrogen and oxygen atoms in total. The topological polar surface area (TPSA) is 26.3 Å². The van der Waals surface area contributed by atoms with Crippen molar-refractivity contribution in [2.24, 2.45) is 46.3 Å². The van der Waals surface area contributed by atoms with Crippen LogP contribution in [0.3, 0.4) is 0 Å². The number of rotatable bonds is 7. The Labute approximate surface area is 220 Å². The molecule has 1 unspecified atom stereocenters. The second-order valence-corrected chi connectivity index (χ2v) is 13.9. The lowest BCUT2D eigenvalue weighted by Crippen LogP contribution is -2.51. The maximum Gasteiger partial charge on any atom is 0.338 e. The number of allylic oxidation sites excluding steroid dienone is 1. The van der Waals surface area contributed by atoms with Crippen LogP contribution in [0.4, 0.5) is 0 Å². The van der Waals surface area contributed by atoms with Crippen molar-refractivity contribution in [3.8, 4) is 0 Å². The van der Waals surface area contributed by atoms with Gasteiger partial charge >= 0.3 is 5.97 Å². The van der Waals surface area contributed by atoms with Gasteiger partial charge in [0.15, 0.2) is 0 Å². The highest BCUT2D eigenvalue weighted by Crippen LogP contribution is 2.67. The van der Waals surface area contributed by atoms with Crippen molar-refractivity contribution in [3.05, 3.63) is 47.5 Å². The lowest BCUT2D eigenvalue weighted by atomic mass is 9.47. The average Bonchev–Trinajstić information content (AvgIpc) is 3.22. The summed E-state index contributed by atoms with van der Waals surface area (Å²) in [5.74, 6) is 5.03. The number of carbonyl (C=O) groups excluding carboxylic acids is 1. The molecule has 3 fully saturated rings. The van der Waals surface area contributed by atoms with E-state index in [1.807, 2.05) is 30.3 Å². The second-order valence-electron chi connectivity index (χ2n) is 13.9. The van der Waals surface area contributed by atoms with Gasteiger partial charge in [-0.15, -0.1) is 0 Å². The first-order valence-corrected chi connectivity index (χ1v) is 15.2. The number of benzene rings is 1. The summed E-state index contributed by atoms with van der Waals surface area (Å²) in [5.41, 5.74) is 3.12. The lowest BCUT2D eigenvalue weighted by Gasteiger charge is -2.58. The Hall–Kier alpha value is -1.57. The van der Waals surface area contributed by atoms with Crippen LogP contribution in [0.15, 0.2) is 42.0 Å². The molecule has 0 amide bonds. The molecule has 36 heavy (non-hydrogen) atoms. The van der Waals surface area contributed by atoms with Crippen LogP contribution in [-0.2, 0) is 4.74 Å². The zero-order valence-electron chi connectivity index (χ0n) is 23.6. The van der Waals surface area contributed by atoms with Crippen molar-refractivity contribution in [3.63, 3.8) is 0 Å². The van der Waals surface area contributed by atoms with E-state index in [0.717, 1.165) is 48.3 Å². The van der Waals surface area contributed by atoms with Crippen molar-refractivity contribution in [2.75, 3.05) is 0 Å². The number of ether oxygens (including phenoxy) is 1. The Morgan fingerprint density at radius 1 is 0.972 bits per heavy atom. The highest BCUT2D eigenvalue weighted by Gasteiger charge is 2.59. The van der Waals surface area contributed by atoms with Crippen molar-refractivity contribution in [2.45, 2.75) is 111 Å². The minimum Gasteiger partial charge on any atom is -0.458 e. The van der Waals surface area contributed by atoms with Gasteiger partial charge in [-0.1, -0.05) is 83.7 Å².